The normalized spacial score (nSPS) is 12.0. The summed E-state index contributed by atoms with van der Waals surface area (Å²) in [7, 11) is -2.37. The summed E-state index contributed by atoms with van der Waals surface area (Å²) in [6, 6.07) is 5.78. The van der Waals surface area contributed by atoms with Gasteiger partial charge in [0.2, 0.25) is 5.28 Å². The zero-order valence-corrected chi connectivity index (χ0v) is 14.6. The van der Waals surface area contributed by atoms with Crippen molar-refractivity contribution in [3.63, 3.8) is 0 Å². The molecule has 0 amide bonds. The highest BCUT2D eigenvalue weighted by molar-refractivity contribution is 9.10. The van der Waals surface area contributed by atoms with Gasteiger partial charge in [0.05, 0.1) is 15.7 Å². The SMILES string of the molecule is CP(C)(=O)c1cccc2c(-c3nc(Cl)ncc3Br)c[nH]c12. The molecular formula is C14H12BrClN3OP. The Morgan fingerprint density at radius 3 is 2.81 bits per heavy atom. The summed E-state index contributed by atoms with van der Waals surface area (Å²) in [5.74, 6) is 0. The first kappa shape index (κ1) is 14.8. The third-order valence-electron chi connectivity index (χ3n) is 3.24. The van der Waals surface area contributed by atoms with Crippen LogP contribution in [0.2, 0.25) is 5.28 Å². The van der Waals surface area contributed by atoms with E-state index in [2.05, 4.69) is 30.9 Å². The van der Waals surface area contributed by atoms with Crippen LogP contribution in [0, 0.1) is 0 Å². The number of nitrogens with zero attached hydrogens (tertiary/aromatic N) is 2. The number of halogens is 2. The van der Waals surface area contributed by atoms with Crippen LogP contribution in [0.15, 0.2) is 35.1 Å². The largest absolute Gasteiger partial charge is 0.360 e. The lowest BCUT2D eigenvalue weighted by Gasteiger charge is -2.08. The van der Waals surface area contributed by atoms with Crippen LogP contribution in [0.4, 0.5) is 0 Å². The third-order valence-corrected chi connectivity index (χ3v) is 5.54. The first-order chi connectivity index (χ1) is 9.88. The number of para-hydroxylation sites is 1. The van der Waals surface area contributed by atoms with Gasteiger partial charge in [-0.3, -0.25) is 0 Å². The van der Waals surface area contributed by atoms with E-state index in [1.807, 2.05) is 24.4 Å². The van der Waals surface area contributed by atoms with Gasteiger partial charge in [0, 0.05) is 28.6 Å². The molecule has 2 aromatic heterocycles. The highest BCUT2D eigenvalue weighted by Gasteiger charge is 2.19. The number of aromatic amines is 1. The fraction of sp³-hybridized carbons (Fsp3) is 0.143. The molecule has 3 aromatic rings. The van der Waals surface area contributed by atoms with Gasteiger partial charge in [-0.05, 0) is 46.9 Å². The minimum Gasteiger partial charge on any atom is -0.360 e. The Bertz CT molecular complexity index is 887. The highest BCUT2D eigenvalue weighted by Crippen LogP contribution is 2.39. The lowest BCUT2D eigenvalue weighted by atomic mass is 10.1. The Morgan fingerprint density at radius 1 is 1.33 bits per heavy atom. The fourth-order valence-corrected chi connectivity index (χ4v) is 4.02. The first-order valence-corrected chi connectivity index (χ1v) is 9.99. The van der Waals surface area contributed by atoms with Gasteiger partial charge in [-0.15, -0.1) is 0 Å². The van der Waals surface area contributed by atoms with Crippen molar-refractivity contribution in [2.24, 2.45) is 0 Å². The molecule has 0 fully saturated rings. The summed E-state index contributed by atoms with van der Waals surface area (Å²) in [5, 5.41) is 1.99. The van der Waals surface area contributed by atoms with Gasteiger partial charge in [-0.2, -0.15) is 0 Å². The van der Waals surface area contributed by atoms with Crippen molar-refractivity contribution < 1.29 is 4.57 Å². The Kier molecular flexibility index (Phi) is 3.68. The number of hydrogen-bond donors (Lipinski definition) is 1. The molecule has 0 aliphatic rings. The van der Waals surface area contributed by atoms with Crippen LogP contribution in [0.1, 0.15) is 0 Å². The topological polar surface area (TPSA) is 58.6 Å². The van der Waals surface area contributed by atoms with Gasteiger partial charge < -0.3 is 9.55 Å². The Morgan fingerprint density at radius 2 is 2.10 bits per heavy atom. The maximum absolute atomic E-state index is 12.4. The zero-order chi connectivity index (χ0) is 15.2. The molecule has 0 aliphatic carbocycles. The molecule has 108 valence electrons. The van der Waals surface area contributed by atoms with Gasteiger partial charge in [0.15, 0.2) is 0 Å². The number of benzene rings is 1. The zero-order valence-electron chi connectivity index (χ0n) is 11.4. The molecule has 0 unspecified atom stereocenters. The molecule has 1 aromatic carbocycles. The first-order valence-electron chi connectivity index (χ1n) is 6.22. The average Bonchev–Trinajstić information content (AvgIpc) is 2.84. The number of nitrogens with one attached hydrogen (secondary N) is 1. The molecule has 2 heterocycles. The van der Waals surface area contributed by atoms with Gasteiger partial charge >= 0.3 is 0 Å². The Balaban J connectivity index is 2.32. The van der Waals surface area contributed by atoms with Crippen molar-refractivity contribution in [1.29, 1.82) is 0 Å². The molecule has 21 heavy (non-hydrogen) atoms. The summed E-state index contributed by atoms with van der Waals surface area (Å²) in [6.07, 6.45) is 3.48. The number of aromatic nitrogens is 3. The summed E-state index contributed by atoms with van der Waals surface area (Å²) >= 11 is 9.33. The predicted molar refractivity (Wildman–Crippen MR) is 91.1 cm³/mol. The molecule has 0 atom stereocenters. The van der Waals surface area contributed by atoms with E-state index in [1.165, 1.54) is 0 Å². The second kappa shape index (κ2) is 5.24. The van der Waals surface area contributed by atoms with Crippen LogP contribution >= 0.6 is 34.7 Å². The van der Waals surface area contributed by atoms with E-state index < -0.39 is 7.14 Å². The molecule has 1 N–H and O–H groups in total. The molecule has 0 spiro atoms. The molecule has 0 radical (unpaired) electrons. The average molecular weight is 385 g/mol. The lowest BCUT2D eigenvalue weighted by Crippen LogP contribution is -2.03. The molecule has 4 nitrogen and oxygen atoms in total. The molecule has 0 saturated carbocycles. The molecule has 0 saturated heterocycles. The Labute approximate surface area is 135 Å². The van der Waals surface area contributed by atoms with Gasteiger partial charge in [0.1, 0.15) is 7.14 Å². The van der Waals surface area contributed by atoms with Crippen molar-refractivity contribution in [3.05, 3.63) is 40.3 Å². The van der Waals surface area contributed by atoms with Crippen LogP contribution in [0.5, 0.6) is 0 Å². The van der Waals surface area contributed by atoms with E-state index in [0.717, 1.165) is 26.2 Å². The van der Waals surface area contributed by atoms with E-state index >= 15 is 0 Å². The standard InChI is InChI=1S/C14H12BrClN3OP/c1-21(2,20)11-5-3-4-8-9(6-17-13(8)11)12-10(15)7-18-14(16)19-12/h3-7,17H,1-2H3. The quantitative estimate of drug-likeness (QED) is 0.530. The molecule has 7 heteroatoms. The van der Waals surface area contributed by atoms with Gasteiger partial charge in [-0.25, -0.2) is 9.97 Å². The van der Waals surface area contributed by atoms with Crippen molar-refractivity contribution in [2.75, 3.05) is 13.3 Å². The van der Waals surface area contributed by atoms with E-state index in [-0.39, 0.29) is 5.28 Å². The lowest BCUT2D eigenvalue weighted by molar-refractivity contribution is 0.588. The second-order valence-corrected chi connectivity index (χ2v) is 9.46. The van der Waals surface area contributed by atoms with Crippen LogP contribution in [-0.2, 0) is 4.57 Å². The Hall–Kier alpha value is -1.16. The van der Waals surface area contributed by atoms with E-state index in [4.69, 9.17) is 11.6 Å². The van der Waals surface area contributed by atoms with Gasteiger partial charge in [-0.1, -0.05) is 12.1 Å². The highest BCUT2D eigenvalue weighted by atomic mass is 79.9. The maximum atomic E-state index is 12.4. The summed E-state index contributed by atoms with van der Waals surface area (Å²) < 4.78 is 13.2. The van der Waals surface area contributed by atoms with Crippen molar-refractivity contribution in [1.82, 2.24) is 15.0 Å². The predicted octanol–water partition coefficient (Wildman–Crippen LogP) is 4.29. The van der Waals surface area contributed by atoms with Gasteiger partial charge in [0.25, 0.3) is 0 Å². The molecular weight excluding hydrogens is 373 g/mol. The van der Waals surface area contributed by atoms with Crippen LogP contribution in [0.25, 0.3) is 22.2 Å². The van der Waals surface area contributed by atoms with E-state index in [9.17, 15) is 4.57 Å². The van der Waals surface area contributed by atoms with E-state index in [0.29, 0.717) is 5.69 Å². The fourth-order valence-electron chi connectivity index (χ4n) is 2.32. The number of fused-ring (bicyclic) bond motifs is 1. The minimum atomic E-state index is -2.37. The number of hydrogen-bond acceptors (Lipinski definition) is 3. The second-order valence-electron chi connectivity index (χ2n) is 5.09. The molecule has 3 rings (SSSR count). The van der Waals surface area contributed by atoms with Crippen LogP contribution < -0.4 is 5.30 Å². The van der Waals surface area contributed by atoms with Crippen molar-refractivity contribution >= 4 is 50.9 Å². The van der Waals surface area contributed by atoms with Crippen LogP contribution in [0.3, 0.4) is 0 Å². The summed E-state index contributed by atoms with van der Waals surface area (Å²) in [6.45, 7) is 3.53. The monoisotopic (exact) mass is 383 g/mol. The summed E-state index contributed by atoms with van der Waals surface area (Å²) in [4.78, 5) is 11.4. The number of H-pyrrole nitrogens is 1. The smallest absolute Gasteiger partial charge is 0.222 e. The molecule has 0 bridgehead atoms. The minimum absolute atomic E-state index is 0.190. The van der Waals surface area contributed by atoms with Crippen molar-refractivity contribution in [2.45, 2.75) is 0 Å². The van der Waals surface area contributed by atoms with Crippen LogP contribution in [-0.4, -0.2) is 28.3 Å². The van der Waals surface area contributed by atoms with E-state index in [1.54, 1.807) is 19.5 Å². The summed E-state index contributed by atoms with van der Waals surface area (Å²) in [5.41, 5.74) is 2.49. The number of rotatable bonds is 2. The molecule has 0 aliphatic heterocycles. The van der Waals surface area contributed by atoms with Crippen molar-refractivity contribution in [3.8, 4) is 11.3 Å². The third kappa shape index (κ3) is 2.66. The maximum Gasteiger partial charge on any atom is 0.222 e.